The van der Waals surface area contributed by atoms with Crippen LogP contribution in [0.15, 0.2) is 52.5 Å². The number of methoxy groups -OCH3 is 2. The van der Waals surface area contributed by atoms with Crippen LogP contribution in [-0.2, 0) is 14.3 Å². The number of anilines is 1. The average Bonchev–Trinajstić information content (AvgIpc) is 3.34. The van der Waals surface area contributed by atoms with E-state index in [0.717, 1.165) is 21.4 Å². The van der Waals surface area contributed by atoms with E-state index in [4.69, 9.17) is 9.47 Å². The van der Waals surface area contributed by atoms with Crippen molar-refractivity contribution in [1.82, 2.24) is 4.98 Å². The van der Waals surface area contributed by atoms with E-state index >= 15 is 0 Å². The lowest BCUT2D eigenvalue weighted by Crippen LogP contribution is -2.29. The van der Waals surface area contributed by atoms with Crippen LogP contribution in [0.1, 0.15) is 38.1 Å². The zero-order chi connectivity index (χ0) is 25.4. The van der Waals surface area contributed by atoms with Crippen molar-refractivity contribution in [3.63, 3.8) is 0 Å². The summed E-state index contributed by atoms with van der Waals surface area (Å²) in [6.07, 6.45) is 0. The molecule has 10 heteroatoms. The van der Waals surface area contributed by atoms with E-state index in [9.17, 15) is 19.5 Å². The lowest BCUT2D eigenvalue weighted by atomic mass is 9.95. The van der Waals surface area contributed by atoms with Crippen LogP contribution in [0.5, 0.6) is 5.75 Å². The number of aromatic nitrogens is 1. The molecule has 2 heterocycles. The number of carbonyl (C=O) groups excluding carboxylic acids is 3. The number of aryl methyl sites for hydroxylation is 2. The largest absolute Gasteiger partial charge is 0.507 e. The van der Waals surface area contributed by atoms with E-state index in [0.29, 0.717) is 22.6 Å². The quantitative estimate of drug-likeness (QED) is 0.205. The number of amides is 1. The van der Waals surface area contributed by atoms with Crippen LogP contribution >= 0.6 is 27.3 Å². The monoisotopic (exact) mass is 556 g/mol. The molecule has 0 saturated carbocycles. The van der Waals surface area contributed by atoms with Gasteiger partial charge in [0, 0.05) is 10.0 Å². The van der Waals surface area contributed by atoms with Gasteiger partial charge in [-0.15, -0.1) is 0 Å². The maximum Gasteiger partial charge on any atom is 0.350 e. The van der Waals surface area contributed by atoms with E-state index in [2.05, 4.69) is 20.9 Å². The molecule has 0 aliphatic carbocycles. The number of ether oxygens (including phenoxy) is 2. The van der Waals surface area contributed by atoms with E-state index in [-0.39, 0.29) is 21.3 Å². The molecule has 35 heavy (non-hydrogen) atoms. The summed E-state index contributed by atoms with van der Waals surface area (Å²) >= 11 is 4.38. The van der Waals surface area contributed by atoms with Gasteiger partial charge in [-0.1, -0.05) is 39.4 Å². The Morgan fingerprint density at radius 3 is 2.51 bits per heavy atom. The van der Waals surface area contributed by atoms with Gasteiger partial charge in [0.25, 0.3) is 5.78 Å². The van der Waals surface area contributed by atoms with Gasteiger partial charge in [0.1, 0.15) is 16.4 Å². The summed E-state index contributed by atoms with van der Waals surface area (Å²) in [5.74, 6) is -1.99. The topological polar surface area (TPSA) is 106 Å². The molecule has 4 rings (SSSR count). The molecule has 1 atom stereocenters. The van der Waals surface area contributed by atoms with E-state index in [1.165, 1.54) is 12.0 Å². The molecule has 1 aromatic heterocycles. The van der Waals surface area contributed by atoms with Gasteiger partial charge < -0.3 is 14.6 Å². The molecule has 1 aliphatic rings. The van der Waals surface area contributed by atoms with E-state index < -0.39 is 23.7 Å². The Balaban J connectivity index is 1.94. The van der Waals surface area contributed by atoms with Crippen molar-refractivity contribution in [3.8, 4) is 5.75 Å². The van der Waals surface area contributed by atoms with Crippen molar-refractivity contribution in [2.24, 2.45) is 0 Å². The van der Waals surface area contributed by atoms with Gasteiger partial charge in [-0.3, -0.25) is 14.5 Å². The Kier molecular flexibility index (Phi) is 6.77. The molecule has 1 unspecified atom stereocenters. The SMILES string of the molecule is COC(=O)c1sc(N2C(=O)C(=O)C(=C(O)c3ccc(OC)c(C)c3)C2c2cccc(Br)c2)nc1C. The van der Waals surface area contributed by atoms with Crippen LogP contribution in [-0.4, -0.2) is 42.0 Å². The summed E-state index contributed by atoms with van der Waals surface area (Å²) in [5.41, 5.74) is 2.00. The first-order valence-corrected chi connectivity index (χ1v) is 12.1. The van der Waals surface area contributed by atoms with E-state index in [1.54, 1.807) is 50.4 Å². The fourth-order valence-electron chi connectivity index (χ4n) is 3.97. The minimum Gasteiger partial charge on any atom is -0.507 e. The van der Waals surface area contributed by atoms with Gasteiger partial charge in [-0.05, 0) is 55.3 Å². The van der Waals surface area contributed by atoms with E-state index in [1.807, 2.05) is 13.0 Å². The highest BCUT2D eigenvalue weighted by Gasteiger charge is 2.48. The van der Waals surface area contributed by atoms with Crippen molar-refractivity contribution in [2.45, 2.75) is 19.9 Å². The van der Waals surface area contributed by atoms with Crippen molar-refractivity contribution in [1.29, 1.82) is 0 Å². The number of aliphatic hydroxyl groups excluding tert-OH is 1. The molecular weight excluding hydrogens is 536 g/mol. The van der Waals surface area contributed by atoms with Gasteiger partial charge >= 0.3 is 11.9 Å². The number of halogens is 1. The van der Waals surface area contributed by atoms with Gasteiger partial charge in [0.2, 0.25) is 0 Å². The Morgan fingerprint density at radius 1 is 1.14 bits per heavy atom. The highest BCUT2D eigenvalue weighted by molar-refractivity contribution is 9.10. The minimum absolute atomic E-state index is 0.0786. The Morgan fingerprint density at radius 2 is 1.89 bits per heavy atom. The number of ketones is 1. The number of nitrogens with zero attached hydrogens (tertiary/aromatic N) is 2. The lowest BCUT2D eigenvalue weighted by molar-refractivity contribution is -0.132. The molecule has 8 nitrogen and oxygen atoms in total. The first kappa shape index (κ1) is 24.6. The second kappa shape index (κ2) is 9.63. The molecule has 0 radical (unpaired) electrons. The Hall–Kier alpha value is -3.50. The molecule has 2 aromatic carbocycles. The minimum atomic E-state index is -0.967. The van der Waals surface area contributed by atoms with Gasteiger partial charge in [0.15, 0.2) is 5.13 Å². The maximum absolute atomic E-state index is 13.3. The maximum atomic E-state index is 13.3. The first-order chi connectivity index (χ1) is 16.7. The molecule has 180 valence electrons. The highest BCUT2D eigenvalue weighted by atomic mass is 79.9. The Bertz CT molecular complexity index is 1400. The first-order valence-electron chi connectivity index (χ1n) is 10.4. The van der Waals surface area contributed by atoms with Gasteiger partial charge in [0.05, 0.1) is 31.5 Å². The molecule has 1 fully saturated rings. The van der Waals surface area contributed by atoms with Crippen molar-refractivity contribution in [2.75, 3.05) is 19.1 Å². The van der Waals surface area contributed by atoms with Crippen molar-refractivity contribution in [3.05, 3.63) is 79.8 Å². The average molecular weight is 557 g/mol. The molecule has 0 bridgehead atoms. The second-order valence-corrected chi connectivity index (χ2v) is 9.70. The summed E-state index contributed by atoms with van der Waals surface area (Å²) in [4.78, 5) is 44.6. The van der Waals surface area contributed by atoms with Crippen LogP contribution < -0.4 is 9.64 Å². The second-order valence-electron chi connectivity index (χ2n) is 7.81. The molecule has 1 saturated heterocycles. The molecule has 1 amide bonds. The molecule has 0 spiro atoms. The van der Waals surface area contributed by atoms with Crippen LogP contribution in [0.25, 0.3) is 5.76 Å². The fraction of sp³-hybridized carbons (Fsp3) is 0.200. The number of rotatable bonds is 5. The lowest BCUT2D eigenvalue weighted by Gasteiger charge is -2.23. The highest BCUT2D eigenvalue weighted by Crippen LogP contribution is 2.44. The summed E-state index contributed by atoms with van der Waals surface area (Å²) in [6, 6.07) is 11.1. The predicted molar refractivity (Wildman–Crippen MR) is 135 cm³/mol. The normalized spacial score (nSPS) is 17.1. The standard InChI is InChI=1S/C25H21BrN2O6S/c1-12-10-15(8-9-17(12)33-3)20(29)18-19(14-6-5-7-16(26)11-14)28(23(31)21(18)30)25-27-13(2)22(35-25)24(32)34-4/h5-11,19,29H,1-4H3. The van der Waals surface area contributed by atoms with Crippen LogP contribution in [0.4, 0.5) is 5.13 Å². The predicted octanol–water partition coefficient (Wildman–Crippen LogP) is 4.94. The number of esters is 1. The molecule has 1 N–H and O–H groups in total. The Labute approximate surface area is 213 Å². The number of benzene rings is 2. The smallest absolute Gasteiger partial charge is 0.350 e. The number of hydrogen-bond donors (Lipinski definition) is 1. The fourth-order valence-corrected chi connectivity index (χ4v) is 5.40. The number of Topliss-reactive ketones (excluding diaryl/α,β-unsaturated/α-hetero) is 1. The number of aliphatic hydroxyl groups is 1. The zero-order valence-corrected chi connectivity index (χ0v) is 21.7. The summed E-state index contributed by atoms with van der Waals surface area (Å²) in [5, 5.41) is 11.4. The van der Waals surface area contributed by atoms with Crippen molar-refractivity contribution < 1.29 is 29.0 Å². The summed E-state index contributed by atoms with van der Waals surface area (Å²) in [7, 11) is 2.80. The third-order valence-electron chi connectivity index (χ3n) is 5.64. The molecular formula is C25H21BrN2O6S. The molecule has 3 aromatic rings. The van der Waals surface area contributed by atoms with Crippen LogP contribution in [0.3, 0.4) is 0 Å². The van der Waals surface area contributed by atoms with Gasteiger partial charge in [-0.25, -0.2) is 9.78 Å². The molecule has 1 aliphatic heterocycles. The van der Waals surface area contributed by atoms with Crippen molar-refractivity contribution >= 4 is 55.8 Å². The third kappa shape index (κ3) is 4.35. The number of carbonyl (C=O) groups is 3. The van der Waals surface area contributed by atoms with Gasteiger partial charge in [-0.2, -0.15) is 0 Å². The summed E-state index contributed by atoms with van der Waals surface area (Å²) in [6.45, 7) is 3.43. The van der Waals surface area contributed by atoms with Crippen LogP contribution in [0.2, 0.25) is 0 Å². The third-order valence-corrected chi connectivity index (χ3v) is 7.27. The number of thiazole rings is 1. The number of hydrogen-bond acceptors (Lipinski definition) is 8. The van der Waals surface area contributed by atoms with Crippen LogP contribution in [0, 0.1) is 13.8 Å². The zero-order valence-electron chi connectivity index (χ0n) is 19.3. The summed E-state index contributed by atoms with van der Waals surface area (Å²) < 4.78 is 10.8.